The van der Waals surface area contributed by atoms with Crippen molar-refractivity contribution in [1.29, 1.82) is 0 Å². The van der Waals surface area contributed by atoms with E-state index < -0.39 is 5.82 Å². The average Bonchev–Trinajstić information content (AvgIpc) is 3.37. The first-order valence-corrected chi connectivity index (χ1v) is 11.0. The summed E-state index contributed by atoms with van der Waals surface area (Å²) in [7, 11) is 0. The summed E-state index contributed by atoms with van der Waals surface area (Å²) in [5.74, 6) is 0.406. The highest BCUT2D eigenvalue weighted by atomic mass is 32.2. The molecule has 1 saturated heterocycles. The summed E-state index contributed by atoms with van der Waals surface area (Å²) < 4.78 is 16.0. The lowest BCUT2D eigenvalue weighted by Crippen LogP contribution is -3.10. The second-order valence-corrected chi connectivity index (χ2v) is 8.50. The van der Waals surface area contributed by atoms with Crippen LogP contribution < -0.4 is 10.5 Å². The number of nitrogens with one attached hydrogen (secondary N) is 2. The molecule has 0 bridgehead atoms. The molecular formula is C22H22FN4OS+. The van der Waals surface area contributed by atoms with Crippen molar-refractivity contribution in [2.24, 2.45) is 0 Å². The first kappa shape index (κ1) is 18.4. The van der Waals surface area contributed by atoms with Crippen LogP contribution in [0.25, 0.3) is 27.6 Å². The lowest BCUT2D eigenvalue weighted by atomic mass is 10.2. The Morgan fingerprint density at radius 2 is 1.86 bits per heavy atom. The number of H-pyrrole nitrogens is 1. The number of hydrogen-bond donors (Lipinski definition) is 2. The smallest absolute Gasteiger partial charge is 0.283 e. The molecule has 2 aromatic heterocycles. The van der Waals surface area contributed by atoms with Crippen LogP contribution in [0.1, 0.15) is 12.8 Å². The zero-order valence-electron chi connectivity index (χ0n) is 16.0. The first-order valence-electron chi connectivity index (χ1n) is 9.97. The Bertz CT molecular complexity index is 1240. The molecule has 0 unspecified atom stereocenters. The molecule has 5 nitrogen and oxygen atoms in total. The maximum absolute atomic E-state index is 14.6. The zero-order chi connectivity index (χ0) is 19.8. The maximum atomic E-state index is 14.6. The van der Waals surface area contributed by atoms with Crippen LogP contribution in [0.15, 0.2) is 58.5 Å². The summed E-state index contributed by atoms with van der Waals surface area (Å²) >= 11 is 1.53. The predicted molar refractivity (Wildman–Crippen MR) is 115 cm³/mol. The lowest BCUT2D eigenvalue weighted by Gasteiger charge is -2.14. The van der Waals surface area contributed by atoms with Gasteiger partial charge in [0.15, 0.2) is 5.16 Å². The average molecular weight is 410 g/mol. The van der Waals surface area contributed by atoms with Crippen molar-refractivity contribution < 1.29 is 9.29 Å². The highest BCUT2D eigenvalue weighted by Crippen LogP contribution is 2.26. The molecule has 0 amide bonds. The van der Waals surface area contributed by atoms with Crippen molar-refractivity contribution in [3.05, 3.63) is 64.7 Å². The first-order chi connectivity index (χ1) is 14.2. The Kier molecular flexibility index (Phi) is 4.85. The molecule has 7 heteroatoms. The van der Waals surface area contributed by atoms with Crippen molar-refractivity contribution in [2.45, 2.75) is 18.0 Å². The van der Waals surface area contributed by atoms with Crippen LogP contribution in [0.3, 0.4) is 0 Å². The number of benzene rings is 2. The van der Waals surface area contributed by atoms with Crippen LogP contribution in [0.5, 0.6) is 0 Å². The fourth-order valence-corrected chi connectivity index (χ4v) is 5.14. The minimum atomic E-state index is -0.432. The van der Waals surface area contributed by atoms with Gasteiger partial charge in [0.05, 0.1) is 31.1 Å². The molecule has 1 fully saturated rings. The molecule has 5 rings (SSSR count). The van der Waals surface area contributed by atoms with Gasteiger partial charge in [-0.2, -0.15) is 0 Å². The fourth-order valence-electron chi connectivity index (χ4n) is 4.10. The number of quaternary nitrogens is 1. The Morgan fingerprint density at radius 3 is 2.69 bits per heavy atom. The summed E-state index contributed by atoms with van der Waals surface area (Å²) in [6.07, 6.45) is 2.55. The molecule has 4 aromatic rings. The number of halogens is 1. The number of para-hydroxylation sites is 2. The van der Waals surface area contributed by atoms with E-state index in [0.29, 0.717) is 16.2 Å². The fraction of sp³-hybridized carbons (Fsp3) is 0.273. The lowest BCUT2D eigenvalue weighted by molar-refractivity contribution is -0.884. The largest absolute Gasteiger partial charge is 0.349 e. The summed E-state index contributed by atoms with van der Waals surface area (Å²) in [5.41, 5.74) is 1.88. The van der Waals surface area contributed by atoms with Crippen molar-refractivity contribution in [3.8, 4) is 5.69 Å². The summed E-state index contributed by atoms with van der Waals surface area (Å²) in [4.78, 5) is 23.0. The molecule has 2 N–H and O–H groups in total. The number of aromatic amines is 1. The predicted octanol–water partition coefficient (Wildman–Crippen LogP) is 2.78. The summed E-state index contributed by atoms with van der Waals surface area (Å²) in [6, 6.07) is 14.1. The van der Waals surface area contributed by atoms with E-state index in [-0.39, 0.29) is 11.2 Å². The molecule has 1 aliphatic rings. The van der Waals surface area contributed by atoms with E-state index in [9.17, 15) is 9.18 Å². The number of thioether (sulfide) groups is 1. The minimum absolute atomic E-state index is 0.238. The molecule has 1 aliphatic heterocycles. The van der Waals surface area contributed by atoms with Crippen LogP contribution >= 0.6 is 11.8 Å². The van der Waals surface area contributed by atoms with Gasteiger partial charge >= 0.3 is 0 Å². The van der Waals surface area contributed by atoms with E-state index in [4.69, 9.17) is 4.98 Å². The summed E-state index contributed by atoms with van der Waals surface area (Å²) in [5, 5.41) is 1.45. The van der Waals surface area contributed by atoms with Gasteiger partial charge in [-0.1, -0.05) is 42.1 Å². The number of hydrogen-bond acceptors (Lipinski definition) is 3. The number of nitrogens with zero attached hydrogens (tertiary/aromatic N) is 2. The quantitative estimate of drug-likeness (QED) is 0.394. The van der Waals surface area contributed by atoms with Gasteiger partial charge in [0.2, 0.25) is 0 Å². The van der Waals surface area contributed by atoms with Crippen LogP contribution in [0.4, 0.5) is 4.39 Å². The molecule has 2 aromatic carbocycles. The number of aromatic nitrogens is 3. The molecule has 148 valence electrons. The Hall–Kier alpha value is -2.64. The van der Waals surface area contributed by atoms with E-state index in [1.807, 2.05) is 24.3 Å². The van der Waals surface area contributed by atoms with E-state index in [2.05, 4.69) is 4.98 Å². The molecular weight excluding hydrogens is 387 g/mol. The Labute approximate surface area is 171 Å². The Morgan fingerprint density at radius 1 is 1.10 bits per heavy atom. The zero-order valence-corrected chi connectivity index (χ0v) is 16.8. The van der Waals surface area contributed by atoms with Crippen molar-refractivity contribution in [3.63, 3.8) is 0 Å². The molecule has 0 aliphatic carbocycles. The van der Waals surface area contributed by atoms with Crippen molar-refractivity contribution >= 4 is 33.7 Å². The monoisotopic (exact) mass is 409 g/mol. The van der Waals surface area contributed by atoms with Crippen LogP contribution in [0, 0.1) is 5.82 Å². The van der Waals surface area contributed by atoms with Gasteiger partial charge in [0.1, 0.15) is 16.9 Å². The van der Waals surface area contributed by atoms with Gasteiger partial charge in [-0.3, -0.25) is 9.36 Å². The number of likely N-dealkylation sites (tertiary alicyclic amines) is 1. The van der Waals surface area contributed by atoms with Gasteiger partial charge in [-0.05, 0) is 18.2 Å². The highest BCUT2D eigenvalue weighted by Gasteiger charge is 2.20. The number of fused-ring (bicyclic) bond motifs is 3. The molecule has 0 saturated carbocycles. The second kappa shape index (κ2) is 7.65. The second-order valence-electron chi connectivity index (χ2n) is 7.44. The maximum Gasteiger partial charge on any atom is 0.283 e. The summed E-state index contributed by atoms with van der Waals surface area (Å²) in [6.45, 7) is 3.43. The highest BCUT2D eigenvalue weighted by molar-refractivity contribution is 7.99. The van der Waals surface area contributed by atoms with Crippen molar-refractivity contribution in [2.75, 3.05) is 25.4 Å². The van der Waals surface area contributed by atoms with Gasteiger partial charge in [0.25, 0.3) is 5.56 Å². The van der Waals surface area contributed by atoms with E-state index >= 15 is 0 Å². The third-order valence-electron chi connectivity index (χ3n) is 5.59. The van der Waals surface area contributed by atoms with Crippen molar-refractivity contribution in [1.82, 2.24) is 14.5 Å². The van der Waals surface area contributed by atoms with Gasteiger partial charge in [0, 0.05) is 23.7 Å². The molecule has 0 spiro atoms. The van der Waals surface area contributed by atoms with Crippen LogP contribution in [-0.2, 0) is 0 Å². The number of rotatable bonds is 5. The SMILES string of the molecule is O=c1c2[nH]c3ccccc3c2nc(SCC[NH+]2CCCC2)n1-c1ccccc1F. The van der Waals surface area contributed by atoms with E-state index in [1.54, 1.807) is 23.1 Å². The third kappa shape index (κ3) is 3.34. The standard InChI is InChI=1S/C22H21FN4OS/c23-16-8-2-4-10-18(16)27-21(28)20-19(15-7-1-3-9-17(15)24-20)25-22(27)29-14-13-26-11-5-6-12-26/h1-4,7-10,24H,5-6,11-14H2/p+1. The topological polar surface area (TPSA) is 55.1 Å². The Balaban J connectivity index is 1.65. The molecule has 29 heavy (non-hydrogen) atoms. The normalized spacial score (nSPS) is 14.9. The third-order valence-corrected chi connectivity index (χ3v) is 6.53. The van der Waals surface area contributed by atoms with Gasteiger partial charge in [-0.15, -0.1) is 0 Å². The van der Waals surface area contributed by atoms with Gasteiger partial charge < -0.3 is 9.88 Å². The van der Waals surface area contributed by atoms with E-state index in [1.165, 1.54) is 48.3 Å². The minimum Gasteiger partial charge on any atom is -0.349 e. The molecule has 3 heterocycles. The molecule has 0 radical (unpaired) electrons. The van der Waals surface area contributed by atoms with Gasteiger partial charge in [-0.25, -0.2) is 9.37 Å². The van der Waals surface area contributed by atoms with E-state index in [0.717, 1.165) is 23.2 Å². The van der Waals surface area contributed by atoms with Crippen LogP contribution in [0.2, 0.25) is 0 Å². The van der Waals surface area contributed by atoms with Crippen LogP contribution in [-0.4, -0.2) is 39.9 Å². The molecule has 0 atom stereocenters.